The first-order valence-corrected chi connectivity index (χ1v) is 6.09. The van der Waals surface area contributed by atoms with Gasteiger partial charge in [-0.3, -0.25) is 9.48 Å². The molecule has 5 heteroatoms. The Hall–Kier alpha value is -1.49. The summed E-state index contributed by atoms with van der Waals surface area (Å²) in [7, 11) is 0. The highest BCUT2D eigenvalue weighted by Crippen LogP contribution is 2.23. The van der Waals surface area contributed by atoms with Gasteiger partial charge in [0.1, 0.15) is 10.7 Å². The maximum Gasteiger partial charge on any atom is 0.178 e. The van der Waals surface area contributed by atoms with E-state index < -0.39 is 0 Å². The normalized spacial score (nSPS) is 10.6. The molecule has 16 heavy (non-hydrogen) atoms. The molecular formula is C11H13N3OS. The van der Waals surface area contributed by atoms with Gasteiger partial charge in [0.2, 0.25) is 0 Å². The molecule has 0 aliphatic rings. The Bertz CT molecular complexity index is 501. The van der Waals surface area contributed by atoms with Gasteiger partial charge in [-0.05, 0) is 12.5 Å². The van der Waals surface area contributed by atoms with Crippen LogP contribution in [-0.4, -0.2) is 20.5 Å². The van der Waals surface area contributed by atoms with Crippen LogP contribution in [0.25, 0.3) is 10.7 Å². The molecule has 0 aromatic carbocycles. The van der Waals surface area contributed by atoms with Crippen molar-refractivity contribution < 1.29 is 4.79 Å². The second kappa shape index (κ2) is 4.57. The zero-order valence-corrected chi connectivity index (χ0v) is 10.1. The van der Waals surface area contributed by atoms with E-state index in [2.05, 4.69) is 17.0 Å². The van der Waals surface area contributed by atoms with Crippen molar-refractivity contribution in [3.05, 3.63) is 23.3 Å². The monoisotopic (exact) mass is 235 g/mol. The van der Waals surface area contributed by atoms with Crippen molar-refractivity contribution in [2.45, 2.75) is 26.8 Å². The Balaban J connectivity index is 2.34. The molecule has 0 saturated heterocycles. The van der Waals surface area contributed by atoms with Gasteiger partial charge in [-0.2, -0.15) is 5.10 Å². The average Bonchev–Trinajstić information content (AvgIpc) is 2.84. The predicted molar refractivity (Wildman–Crippen MR) is 63.6 cm³/mol. The summed E-state index contributed by atoms with van der Waals surface area (Å²) in [6.07, 6.45) is 2.79. The summed E-state index contributed by atoms with van der Waals surface area (Å²) in [5, 5.41) is 6.88. The van der Waals surface area contributed by atoms with Crippen LogP contribution < -0.4 is 0 Å². The molecule has 0 aliphatic heterocycles. The van der Waals surface area contributed by atoms with Gasteiger partial charge in [0.05, 0.1) is 5.69 Å². The van der Waals surface area contributed by atoms with Crippen LogP contribution in [0.1, 0.15) is 30.8 Å². The minimum atomic E-state index is 0.00376. The summed E-state index contributed by atoms with van der Waals surface area (Å²) >= 11 is 1.48. The van der Waals surface area contributed by atoms with Crippen LogP contribution in [0.15, 0.2) is 17.6 Å². The summed E-state index contributed by atoms with van der Waals surface area (Å²) in [4.78, 5) is 15.5. The molecule has 84 valence electrons. The maximum atomic E-state index is 11.2. The minimum absolute atomic E-state index is 0.00376. The summed E-state index contributed by atoms with van der Waals surface area (Å²) in [5.74, 6) is 0.00376. The van der Waals surface area contributed by atoms with Gasteiger partial charge in [0, 0.05) is 25.0 Å². The first-order chi connectivity index (χ1) is 7.72. The highest BCUT2D eigenvalue weighted by molar-refractivity contribution is 7.13. The third-order valence-corrected chi connectivity index (χ3v) is 3.10. The number of aryl methyl sites for hydroxylation is 1. The van der Waals surface area contributed by atoms with Gasteiger partial charge >= 0.3 is 0 Å². The van der Waals surface area contributed by atoms with Gasteiger partial charge in [-0.25, -0.2) is 4.98 Å². The number of thiazole rings is 1. The van der Waals surface area contributed by atoms with Gasteiger partial charge in [-0.15, -0.1) is 11.3 Å². The Kier molecular flexibility index (Phi) is 3.14. The van der Waals surface area contributed by atoms with E-state index in [1.54, 1.807) is 11.6 Å². The van der Waals surface area contributed by atoms with Crippen LogP contribution >= 0.6 is 11.3 Å². The zero-order chi connectivity index (χ0) is 11.5. The van der Waals surface area contributed by atoms with E-state index in [9.17, 15) is 4.79 Å². The lowest BCUT2D eigenvalue weighted by molar-refractivity contribution is 0.101. The van der Waals surface area contributed by atoms with Crippen molar-refractivity contribution >= 4 is 17.1 Å². The molecular weight excluding hydrogens is 222 g/mol. The molecule has 0 saturated carbocycles. The maximum absolute atomic E-state index is 11.2. The van der Waals surface area contributed by atoms with Gasteiger partial charge < -0.3 is 0 Å². The van der Waals surface area contributed by atoms with Crippen LogP contribution in [0.5, 0.6) is 0 Å². The molecule has 0 aliphatic carbocycles. The molecule has 0 amide bonds. The molecule has 2 aromatic heterocycles. The number of hydrogen-bond acceptors (Lipinski definition) is 4. The lowest BCUT2D eigenvalue weighted by atomic mass is 10.3. The molecule has 0 bridgehead atoms. The largest absolute Gasteiger partial charge is 0.293 e. The van der Waals surface area contributed by atoms with Crippen molar-refractivity contribution in [2.24, 2.45) is 0 Å². The van der Waals surface area contributed by atoms with E-state index in [4.69, 9.17) is 0 Å². The average molecular weight is 235 g/mol. The first kappa shape index (κ1) is 11.0. The van der Waals surface area contributed by atoms with Gasteiger partial charge in [-0.1, -0.05) is 6.92 Å². The summed E-state index contributed by atoms with van der Waals surface area (Å²) in [6.45, 7) is 4.51. The van der Waals surface area contributed by atoms with E-state index in [-0.39, 0.29) is 5.78 Å². The number of ketones is 1. The smallest absolute Gasteiger partial charge is 0.178 e. The van der Waals surface area contributed by atoms with E-state index in [0.29, 0.717) is 5.69 Å². The topological polar surface area (TPSA) is 47.8 Å². The summed E-state index contributed by atoms with van der Waals surface area (Å²) < 4.78 is 1.92. The standard InChI is InChI=1S/C11H13N3OS/c1-3-6-14-10(4-5-12-14)11-13-9(7-16-11)8(2)15/h4-5,7H,3,6H2,1-2H3. The van der Waals surface area contributed by atoms with E-state index in [0.717, 1.165) is 23.7 Å². The van der Waals surface area contributed by atoms with Crippen molar-refractivity contribution in [3.63, 3.8) is 0 Å². The first-order valence-electron chi connectivity index (χ1n) is 5.21. The lowest BCUT2D eigenvalue weighted by Gasteiger charge is -2.02. The summed E-state index contributed by atoms with van der Waals surface area (Å²) in [6, 6.07) is 1.93. The Labute approximate surface area is 97.9 Å². The Morgan fingerprint density at radius 2 is 2.38 bits per heavy atom. The summed E-state index contributed by atoms with van der Waals surface area (Å²) in [5.41, 5.74) is 1.52. The molecule has 0 unspecified atom stereocenters. The molecule has 2 aromatic rings. The highest BCUT2D eigenvalue weighted by Gasteiger charge is 2.11. The Morgan fingerprint density at radius 3 is 3.00 bits per heavy atom. The van der Waals surface area contributed by atoms with Crippen molar-refractivity contribution in [1.29, 1.82) is 0 Å². The number of hydrogen-bond donors (Lipinski definition) is 0. The molecule has 4 nitrogen and oxygen atoms in total. The van der Waals surface area contributed by atoms with Gasteiger partial charge in [0.15, 0.2) is 5.78 Å². The van der Waals surface area contributed by atoms with E-state index in [1.165, 1.54) is 18.3 Å². The fourth-order valence-electron chi connectivity index (χ4n) is 1.46. The van der Waals surface area contributed by atoms with Crippen LogP contribution in [0.3, 0.4) is 0 Å². The number of nitrogens with zero attached hydrogens (tertiary/aromatic N) is 3. The van der Waals surface area contributed by atoms with E-state index >= 15 is 0 Å². The van der Waals surface area contributed by atoms with Crippen LogP contribution in [-0.2, 0) is 6.54 Å². The molecule has 0 N–H and O–H groups in total. The van der Waals surface area contributed by atoms with Crippen molar-refractivity contribution in [3.8, 4) is 10.7 Å². The number of carbonyl (C=O) groups excluding carboxylic acids is 1. The molecule has 0 atom stereocenters. The molecule has 0 radical (unpaired) electrons. The lowest BCUT2D eigenvalue weighted by Crippen LogP contribution is -2.01. The number of aromatic nitrogens is 3. The Morgan fingerprint density at radius 1 is 1.56 bits per heavy atom. The van der Waals surface area contributed by atoms with Gasteiger partial charge in [0.25, 0.3) is 0 Å². The van der Waals surface area contributed by atoms with Crippen LogP contribution in [0, 0.1) is 0 Å². The molecule has 0 spiro atoms. The van der Waals surface area contributed by atoms with E-state index in [1.807, 2.05) is 10.7 Å². The predicted octanol–water partition coefficient (Wildman–Crippen LogP) is 2.62. The quantitative estimate of drug-likeness (QED) is 0.765. The highest BCUT2D eigenvalue weighted by atomic mass is 32.1. The number of Topliss-reactive ketones (excluding diaryl/α,β-unsaturated/α-hetero) is 1. The molecule has 2 rings (SSSR count). The third-order valence-electron chi connectivity index (χ3n) is 2.24. The zero-order valence-electron chi connectivity index (χ0n) is 9.30. The third kappa shape index (κ3) is 2.04. The second-order valence-electron chi connectivity index (χ2n) is 3.53. The number of rotatable bonds is 4. The van der Waals surface area contributed by atoms with Crippen molar-refractivity contribution in [2.75, 3.05) is 0 Å². The van der Waals surface area contributed by atoms with Crippen LogP contribution in [0.4, 0.5) is 0 Å². The molecule has 0 fully saturated rings. The second-order valence-corrected chi connectivity index (χ2v) is 4.39. The fraction of sp³-hybridized carbons (Fsp3) is 0.364. The number of carbonyl (C=O) groups is 1. The van der Waals surface area contributed by atoms with Crippen molar-refractivity contribution in [1.82, 2.24) is 14.8 Å². The SMILES string of the molecule is CCCn1nccc1-c1nc(C(C)=O)cs1. The minimum Gasteiger partial charge on any atom is -0.293 e. The fourth-order valence-corrected chi connectivity index (χ4v) is 2.34. The van der Waals surface area contributed by atoms with Crippen LogP contribution in [0.2, 0.25) is 0 Å². The molecule has 2 heterocycles.